The number of amides is 1. The van der Waals surface area contributed by atoms with E-state index in [4.69, 9.17) is 23.7 Å². The summed E-state index contributed by atoms with van der Waals surface area (Å²) in [6.45, 7) is 10.7. The smallest absolute Gasteiger partial charge is 0.408 e. The Labute approximate surface area is 171 Å². The van der Waals surface area contributed by atoms with Crippen molar-refractivity contribution in [3.63, 3.8) is 0 Å². The molecule has 1 aliphatic rings. The SMILES string of the molecule is CCOC(=O)[C@@H]1OC(C)(C)O[C@H]1[C@H](NC(=O)OC(C)(C)C)c1ccc(OC)cc1. The van der Waals surface area contributed by atoms with Crippen molar-refractivity contribution < 1.29 is 33.3 Å². The van der Waals surface area contributed by atoms with E-state index >= 15 is 0 Å². The van der Waals surface area contributed by atoms with Crippen molar-refractivity contribution in [1.82, 2.24) is 5.32 Å². The lowest BCUT2D eigenvalue weighted by atomic mass is 9.97. The second kappa shape index (κ2) is 9.00. The molecule has 0 bridgehead atoms. The number of esters is 1. The van der Waals surface area contributed by atoms with Crippen LogP contribution in [0.3, 0.4) is 0 Å². The van der Waals surface area contributed by atoms with E-state index in [0.29, 0.717) is 11.3 Å². The van der Waals surface area contributed by atoms with Gasteiger partial charge < -0.3 is 29.0 Å². The second-order valence-electron chi connectivity index (χ2n) is 8.17. The topological polar surface area (TPSA) is 92.3 Å². The van der Waals surface area contributed by atoms with Gasteiger partial charge >= 0.3 is 12.1 Å². The van der Waals surface area contributed by atoms with Gasteiger partial charge in [-0.3, -0.25) is 0 Å². The molecule has 1 amide bonds. The minimum atomic E-state index is -1.03. The van der Waals surface area contributed by atoms with E-state index < -0.39 is 41.7 Å². The van der Waals surface area contributed by atoms with Crippen LogP contribution in [0.5, 0.6) is 5.75 Å². The monoisotopic (exact) mass is 409 g/mol. The Morgan fingerprint density at radius 1 is 1.17 bits per heavy atom. The first-order valence-electron chi connectivity index (χ1n) is 9.61. The van der Waals surface area contributed by atoms with Gasteiger partial charge in [0, 0.05) is 0 Å². The van der Waals surface area contributed by atoms with E-state index in [-0.39, 0.29) is 6.61 Å². The molecule has 0 unspecified atom stereocenters. The van der Waals surface area contributed by atoms with Crippen LogP contribution in [0.2, 0.25) is 0 Å². The minimum absolute atomic E-state index is 0.207. The number of benzene rings is 1. The highest BCUT2D eigenvalue weighted by Crippen LogP contribution is 2.36. The van der Waals surface area contributed by atoms with Gasteiger partial charge in [-0.25, -0.2) is 9.59 Å². The summed E-state index contributed by atoms with van der Waals surface area (Å²) in [5.41, 5.74) is 0.0266. The molecule has 1 aromatic carbocycles. The van der Waals surface area contributed by atoms with Crippen molar-refractivity contribution in [2.75, 3.05) is 13.7 Å². The molecule has 29 heavy (non-hydrogen) atoms. The maximum Gasteiger partial charge on any atom is 0.408 e. The Morgan fingerprint density at radius 3 is 2.31 bits per heavy atom. The first-order valence-corrected chi connectivity index (χ1v) is 9.61. The summed E-state index contributed by atoms with van der Waals surface area (Å²) >= 11 is 0. The Balaban J connectivity index is 2.38. The summed E-state index contributed by atoms with van der Waals surface area (Å²) < 4.78 is 27.6. The van der Waals surface area contributed by atoms with Gasteiger partial charge in [-0.2, -0.15) is 0 Å². The van der Waals surface area contributed by atoms with Crippen LogP contribution in [0.1, 0.15) is 53.1 Å². The third kappa shape index (κ3) is 6.33. The molecular weight excluding hydrogens is 378 g/mol. The van der Waals surface area contributed by atoms with E-state index in [1.54, 1.807) is 72.9 Å². The van der Waals surface area contributed by atoms with Gasteiger partial charge in [-0.1, -0.05) is 12.1 Å². The number of rotatable bonds is 6. The molecule has 1 N–H and O–H groups in total. The van der Waals surface area contributed by atoms with Crippen LogP contribution < -0.4 is 10.1 Å². The fourth-order valence-electron chi connectivity index (χ4n) is 3.04. The molecule has 1 aromatic rings. The minimum Gasteiger partial charge on any atom is -0.497 e. The highest BCUT2D eigenvalue weighted by molar-refractivity contribution is 5.76. The second-order valence-corrected chi connectivity index (χ2v) is 8.17. The molecule has 1 fully saturated rings. The third-order valence-electron chi connectivity index (χ3n) is 4.12. The van der Waals surface area contributed by atoms with E-state index in [9.17, 15) is 9.59 Å². The van der Waals surface area contributed by atoms with Crippen LogP contribution >= 0.6 is 0 Å². The molecule has 1 heterocycles. The van der Waals surface area contributed by atoms with E-state index in [2.05, 4.69) is 5.32 Å². The summed E-state index contributed by atoms with van der Waals surface area (Å²) in [5, 5.41) is 2.82. The quantitative estimate of drug-likeness (QED) is 0.720. The number of alkyl carbamates (subject to hydrolysis) is 1. The van der Waals surface area contributed by atoms with Gasteiger partial charge in [0.25, 0.3) is 0 Å². The average molecular weight is 409 g/mol. The van der Waals surface area contributed by atoms with Gasteiger partial charge in [-0.15, -0.1) is 0 Å². The number of methoxy groups -OCH3 is 1. The molecule has 0 aliphatic carbocycles. The highest BCUT2D eigenvalue weighted by atomic mass is 16.8. The first kappa shape index (κ1) is 23.0. The van der Waals surface area contributed by atoms with Crippen molar-refractivity contribution in [3.8, 4) is 5.75 Å². The molecular formula is C21H31NO7. The van der Waals surface area contributed by atoms with Crippen molar-refractivity contribution in [2.24, 2.45) is 0 Å². The zero-order chi connectivity index (χ0) is 21.8. The number of carbonyl (C=O) groups is 2. The largest absolute Gasteiger partial charge is 0.497 e. The third-order valence-corrected chi connectivity index (χ3v) is 4.12. The molecule has 0 saturated carbocycles. The summed E-state index contributed by atoms with van der Waals surface area (Å²) in [4.78, 5) is 25.0. The molecule has 162 valence electrons. The lowest BCUT2D eigenvalue weighted by molar-refractivity contribution is -0.170. The van der Waals surface area contributed by atoms with E-state index in [1.165, 1.54) is 0 Å². The summed E-state index contributed by atoms with van der Waals surface area (Å²) in [6, 6.07) is 6.39. The van der Waals surface area contributed by atoms with Crippen molar-refractivity contribution in [1.29, 1.82) is 0 Å². The molecule has 2 rings (SSSR count). The fraction of sp³-hybridized carbons (Fsp3) is 0.619. The number of carbonyl (C=O) groups excluding carboxylic acids is 2. The predicted octanol–water partition coefficient (Wildman–Crippen LogP) is 3.34. The van der Waals surface area contributed by atoms with Crippen molar-refractivity contribution in [2.45, 2.75) is 71.2 Å². The maximum absolute atomic E-state index is 12.5. The molecule has 0 aromatic heterocycles. The molecule has 1 saturated heterocycles. The summed E-state index contributed by atoms with van der Waals surface area (Å²) in [6.07, 6.45) is -2.45. The van der Waals surface area contributed by atoms with E-state index in [0.717, 1.165) is 0 Å². The Hall–Kier alpha value is -2.32. The fourth-order valence-corrected chi connectivity index (χ4v) is 3.04. The molecule has 0 radical (unpaired) electrons. The molecule has 3 atom stereocenters. The van der Waals surface area contributed by atoms with E-state index in [1.807, 2.05) is 0 Å². The van der Waals surface area contributed by atoms with Crippen LogP contribution in [-0.4, -0.2) is 49.4 Å². The van der Waals surface area contributed by atoms with Crippen LogP contribution in [-0.2, 0) is 23.7 Å². The standard InChI is InChI=1S/C21H31NO7/c1-8-26-18(23)17-16(27-21(5,6)28-17)15(22-19(24)29-20(2,3)4)13-9-11-14(25-7)12-10-13/h9-12,15-17H,8H2,1-7H3,(H,22,24)/t15-,16+,17-/m1/s1. The Morgan fingerprint density at radius 2 is 1.79 bits per heavy atom. The van der Waals surface area contributed by atoms with Gasteiger partial charge in [0.15, 0.2) is 11.9 Å². The lowest BCUT2D eigenvalue weighted by Crippen LogP contribution is -2.45. The Kier molecular flexibility index (Phi) is 7.13. The predicted molar refractivity (Wildman–Crippen MR) is 106 cm³/mol. The zero-order valence-electron chi connectivity index (χ0n) is 18.1. The van der Waals surface area contributed by atoms with Gasteiger partial charge in [0.2, 0.25) is 0 Å². The number of nitrogens with one attached hydrogen (secondary N) is 1. The molecule has 1 aliphatic heterocycles. The number of ether oxygens (including phenoxy) is 5. The summed E-state index contributed by atoms with van der Waals surface area (Å²) in [7, 11) is 1.57. The molecule has 8 nitrogen and oxygen atoms in total. The van der Waals surface area contributed by atoms with Crippen molar-refractivity contribution in [3.05, 3.63) is 29.8 Å². The lowest BCUT2D eigenvalue weighted by Gasteiger charge is -2.29. The number of hydrogen-bond donors (Lipinski definition) is 1. The van der Waals surface area contributed by atoms with Crippen LogP contribution in [0.4, 0.5) is 4.79 Å². The van der Waals surface area contributed by atoms with Gasteiger partial charge in [-0.05, 0) is 59.2 Å². The zero-order valence-corrected chi connectivity index (χ0v) is 18.1. The van der Waals surface area contributed by atoms with Gasteiger partial charge in [0.1, 0.15) is 17.5 Å². The highest BCUT2D eigenvalue weighted by Gasteiger charge is 2.50. The Bertz CT molecular complexity index is 709. The first-order chi connectivity index (χ1) is 13.5. The van der Waals surface area contributed by atoms with Crippen molar-refractivity contribution >= 4 is 12.1 Å². The average Bonchev–Trinajstić information content (AvgIpc) is 2.94. The maximum atomic E-state index is 12.5. The molecule has 0 spiro atoms. The normalized spacial score (nSPS) is 21.9. The number of hydrogen-bond acceptors (Lipinski definition) is 7. The van der Waals surface area contributed by atoms with Crippen LogP contribution in [0, 0.1) is 0 Å². The molecule has 8 heteroatoms. The van der Waals surface area contributed by atoms with Crippen LogP contribution in [0.25, 0.3) is 0 Å². The van der Waals surface area contributed by atoms with Crippen LogP contribution in [0.15, 0.2) is 24.3 Å². The van der Waals surface area contributed by atoms with Gasteiger partial charge in [0.05, 0.1) is 19.8 Å². The summed E-state index contributed by atoms with van der Waals surface area (Å²) in [5.74, 6) is -0.911.